The van der Waals surface area contributed by atoms with Gasteiger partial charge in [-0.25, -0.2) is 0 Å². The lowest BCUT2D eigenvalue weighted by Crippen LogP contribution is -2.47. The lowest BCUT2D eigenvalue weighted by atomic mass is 9.96. The topological polar surface area (TPSA) is 57.6 Å². The van der Waals surface area contributed by atoms with Crippen LogP contribution >= 0.6 is 0 Å². The van der Waals surface area contributed by atoms with E-state index in [-0.39, 0.29) is 18.2 Å². The van der Waals surface area contributed by atoms with E-state index in [2.05, 4.69) is 13.8 Å². The molecule has 0 rings (SSSR count). The maximum absolute atomic E-state index is 13.2. The predicted molar refractivity (Wildman–Crippen MR) is 179 cm³/mol. The molecule has 4 nitrogen and oxygen atoms in total. The number of hydrogen-bond acceptors (Lipinski definition) is 4. The van der Waals surface area contributed by atoms with Gasteiger partial charge in [0.05, 0.1) is 6.61 Å². The van der Waals surface area contributed by atoms with Crippen LogP contribution in [0.4, 0.5) is 0 Å². The Morgan fingerprint density at radius 2 is 0.732 bits per heavy atom. The van der Waals surface area contributed by atoms with Crippen molar-refractivity contribution in [2.24, 2.45) is 0 Å². The summed E-state index contributed by atoms with van der Waals surface area (Å²) in [5.74, 6) is 0.145. The molecular weight excluding hydrogens is 506 g/mol. The van der Waals surface area contributed by atoms with Crippen LogP contribution in [-0.2, 0) is 9.59 Å². The Kier molecular flexibility index (Phi) is 31.6. The quantitative estimate of drug-likeness (QED) is 0.0608. The molecule has 1 N–H and O–H groups in total. The number of likely N-dealkylation sites (N-methyl/N-ethyl adjacent to an activating group) is 1. The molecule has 0 saturated heterocycles. The molecule has 4 heteroatoms. The molecule has 0 aliphatic carbocycles. The molecule has 41 heavy (non-hydrogen) atoms. The molecule has 0 aromatic heterocycles. The fraction of sp³-hybridized carbons (Fsp3) is 0.946. The van der Waals surface area contributed by atoms with Crippen LogP contribution in [0.1, 0.15) is 201 Å². The summed E-state index contributed by atoms with van der Waals surface area (Å²) >= 11 is 0. The molecular formula is C37H73NO3. The zero-order chi connectivity index (χ0) is 30.2. The second kappa shape index (κ2) is 32.2. The number of aliphatic hydroxyl groups is 1. The first-order valence-electron chi connectivity index (χ1n) is 18.5. The van der Waals surface area contributed by atoms with Crippen molar-refractivity contribution < 1.29 is 14.7 Å². The van der Waals surface area contributed by atoms with E-state index in [1.54, 1.807) is 0 Å². The molecule has 244 valence electrons. The summed E-state index contributed by atoms with van der Waals surface area (Å²) in [6.07, 6.45) is 34.4. The highest BCUT2D eigenvalue weighted by Gasteiger charge is 2.30. The van der Waals surface area contributed by atoms with Gasteiger partial charge in [0.25, 0.3) is 0 Å². The van der Waals surface area contributed by atoms with Crippen LogP contribution in [0.5, 0.6) is 0 Å². The molecule has 0 heterocycles. The van der Waals surface area contributed by atoms with Crippen LogP contribution in [0.2, 0.25) is 0 Å². The van der Waals surface area contributed by atoms with Crippen LogP contribution in [0.3, 0.4) is 0 Å². The highest BCUT2D eigenvalue weighted by Crippen LogP contribution is 2.17. The molecule has 0 aromatic rings. The number of aliphatic hydroxyl groups excluding tert-OH is 1. The molecule has 0 fully saturated rings. The van der Waals surface area contributed by atoms with Crippen molar-refractivity contribution in [1.29, 1.82) is 0 Å². The van der Waals surface area contributed by atoms with Crippen molar-refractivity contribution >= 4 is 11.6 Å². The number of carbonyl (C=O) groups excluding carboxylic acids is 2. The summed E-state index contributed by atoms with van der Waals surface area (Å²) in [4.78, 5) is 28.2. The molecule has 0 spiro atoms. The third kappa shape index (κ3) is 25.5. The Hall–Kier alpha value is -0.740. The van der Waals surface area contributed by atoms with Gasteiger partial charge >= 0.3 is 0 Å². The van der Waals surface area contributed by atoms with Gasteiger partial charge < -0.3 is 5.11 Å². The van der Waals surface area contributed by atoms with E-state index in [0.29, 0.717) is 25.9 Å². The van der Waals surface area contributed by atoms with Gasteiger partial charge in [-0.05, 0) is 19.4 Å². The predicted octanol–water partition coefficient (Wildman–Crippen LogP) is 10.8. The van der Waals surface area contributed by atoms with Crippen LogP contribution in [0.15, 0.2) is 0 Å². The first-order valence-corrected chi connectivity index (χ1v) is 18.5. The average molecular weight is 580 g/mol. The monoisotopic (exact) mass is 580 g/mol. The standard InChI is InChI=1S/C37H73NO3/c1-4-7-9-11-13-15-17-19-21-23-25-27-29-31-35(40)37(38(6-3)33-34-39)36(41)32-30-28-26-24-22-20-18-16-14-12-10-8-5-2/h37,39H,4-34H2,1-3H3. The lowest BCUT2D eigenvalue weighted by molar-refractivity contribution is -0.135. The van der Waals surface area contributed by atoms with E-state index in [9.17, 15) is 14.7 Å². The number of unbranched alkanes of at least 4 members (excludes halogenated alkanes) is 24. The van der Waals surface area contributed by atoms with Gasteiger partial charge in [0.15, 0.2) is 11.6 Å². The summed E-state index contributed by atoms with van der Waals surface area (Å²) in [6.45, 7) is 7.54. The fourth-order valence-electron chi connectivity index (χ4n) is 6.09. The van der Waals surface area contributed by atoms with Gasteiger partial charge in [-0.3, -0.25) is 14.5 Å². The largest absolute Gasteiger partial charge is 0.395 e. The maximum Gasteiger partial charge on any atom is 0.157 e. The fourth-order valence-corrected chi connectivity index (χ4v) is 6.09. The normalized spacial score (nSPS) is 11.7. The number of Topliss-reactive ketones (excluding diaryl/α,β-unsaturated/α-hetero) is 2. The van der Waals surface area contributed by atoms with E-state index in [4.69, 9.17) is 0 Å². The van der Waals surface area contributed by atoms with Crippen LogP contribution in [-0.4, -0.2) is 47.3 Å². The van der Waals surface area contributed by atoms with Crippen molar-refractivity contribution in [2.75, 3.05) is 19.7 Å². The summed E-state index contributed by atoms with van der Waals surface area (Å²) in [7, 11) is 0. The number of rotatable bonds is 34. The van der Waals surface area contributed by atoms with Gasteiger partial charge in [-0.1, -0.05) is 175 Å². The minimum atomic E-state index is -0.651. The van der Waals surface area contributed by atoms with Gasteiger partial charge in [-0.15, -0.1) is 0 Å². The van der Waals surface area contributed by atoms with Crippen molar-refractivity contribution in [2.45, 2.75) is 207 Å². The minimum absolute atomic E-state index is 0.0115. The molecule has 0 saturated carbocycles. The molecule has 0 aromatic carbocycles. The number of nitrogens with zero attached hydrogens (tertiary/aromatic N) is 1. The lowest BCUT2D eigenvalue weighted by Gasteiger charge is -2.28. The minimum Gasteiger partial charge on any atom is -0.395 e. The summed E-state index contributed by atoms with van der Waals surface area (Å²) in [5.41, 5.74) is 0. The van der Waals surface area contributed by atoms with Crippen molar-refractivity contribution in [1.82, 2.24) is 4.90 Å². The Labute approximate surface area is 257 Å². The third-order valence-electron chi connectivity index (χ3n) is 8.82. The summed E-state index contributed by atoms with van der Waals surface area (Å²) in [6, 6.07) is -0.651. The molecule has 0 unspecified atom stereocenters. The molecule has 0 radical (unpaired) electrons. The molecule has 0 bridgehead atoms. The summed E-state index contributed by atoms with van der Waals surface area (Å²) in [5, 5.41) is 9.51. The Morgan fingerprint density at radius 3 is 0.976 bits per heavy atom. The van der Waals surface area contributed by atoms with Crippen molar-refractivity contribution in [3.63, 3.8) is 0 Å². The number of hydrogen-bond donors (Lipinski definition) is 1. The van der Waals surface area contributed by atoms with E-state index < -0.39 is 6.04 Å². The molecule has 0 atom stereocenters. The van der Waals surface area contributed by atoms with Gasteiger partial charge in [0.2, 0.25) is 0 Å². The van der Waals surface area contributed by atoms with E-state index in [1.165, 1.54) is 141 Å². The Bertz CT molecular complexity index is 522. The second-order valence-electron chi connectivity index (χ2n) is 12.7. The summed E-state index contributed by atoms with van der Waals surface area (Å²) < 4.78 is 0. The Balaban J connectivity index is 4.06. The van der Waals surface area contributed by atoms with Crippen molar-refractivity contribution in [3.05, 3.63) is 0 Å². The third-order valence-corrected chi connectivity index (χ3v) is 8.82. The van der Waals surface area contributed by atoms with E-state index in [1.807, 2.05) is 11.8 Å². The maximum atomic E-state index is 13.2. The Morgan fingerprint density at radius 1 is 0.463 bits per heavy atom. The van der Waals surface area contributed by atoms with Crippen LogP contribution in [0, 0.1) is 0 Å². The second-order valence-corrected chi connectivity index (χ2v) is 12.7. The zero-order valence-corrected chi connectivity index (χ0v) is 28.2. The smallest absolute Gasteiger partial charge is 0.157 e. The van der Waals surface area contributed by atoms with E-state index >= 15 is 0 Å². The molecule has 0 amide bonds. The van der Waals surface area contributed by atoms with E-state index in [0.717, 1.165) is 25.7 Å². The van der Waals surface area contributed by atoms with Gasteiger partial charge in [-0.2, -0.15) is 0 Å². The number of ketones is 2. The SMILES string of the molecule is CCCCCCCCCCCCCCCC(=O)C(C(=O)CCCCCCCCCCCCCCC)N(CC)CCO. The first kappa shape index (κ1) is 40.3. The van der Waals surface area contributed by atoms with Crippen molar-refractivity contribution in [3.8, 4) is 0 Å². The highest BCUT2D eigenvalue weighted by atomic mass is 16.3. The van der Waals surface area contributed by atoms with Crippen LogP contribution < -0.4 is 0 Å². The number of carbonyl (C=O) groups is 2. The van der Waals surface area contributed by atoms with Crippen LogP contribution in [0.25, 0.3) is 0 Å². The van der Waals surface area contributed by atoms with Gasteiger partial charge in [0, 0.05) is 19.4 Å². The molecule has 0 aliphatic rings. The highest BCUT2D eigenvalue weighted by molar-refractivity contribution is 6.06. The molecule has 0 aliphatic heterocycles. The van der Waals surface area contributed by atoms with Gasteiger partial charge in [0.1, 0.15) is 6.04 Å². The zero-order valence-electron chi connectivity index (χ0n) is 28.2. The first-order chi connectivity index (χ1) is 20.1. The average Bonchev–Trinajstić information content (AvgIpc) is 2.97.